The molecule has 0 bridgehead atoms. The van der Waals surface area contributed by atoms with Crippen molar-refractivity contribution in [1.29, 1.82) is 0 Å². The molecule has 0 atom stereocenters. The lowest BCUT2D eigenvalue weighted by Crippen LogP contribution is -2.36. The minimum absolute atomic E-state index is 0.132. The maximum atomic E-state index is 12.9. The number of rotatable bonds is 3. The fourth-order valence-electron chi connectivity index (χ4n) is 2.73. The number of imidazole rings is 1. The van der Waals surface area contributed by atoms with Crippen LogP contribution >= 0.6 is 15.9 Å². The van der Waals surface area contributed by atoms with Crippen LogP contribution in [0.25, 0.3) is 0 Å². The molecule has 1 aliphatic heterocycles. The highest BCUT2D eigenvalue weighted by Gasteiger charge is 2.24. The summed E-state index contributed by atoms with van der Waals surface area (Å²) in [5, 5.41) is 0. The third-order valence-electron chi connectivity index (χ3n) is 4.09. The Hall–Kier alpha value is -1.69. The van der Waals surface area contributed by atoms with Gasteiger partial charge in [0.15, 0.2) is 4.73 Å². The van der Waals surface area contributed by atoms with Crippen LogP contribution in [-0.2, 0) is 31.2 Å². The number of fused-ring (bicyclic) bond motifs is 1. The topological polar surface area (TPSA) is 38.1 Å². The molecule has 0 radical (unpaired) electrons. The van der Waals surface area contributed by atoms with Crippen molar-refractivity contribution in [3.8, 4) is 0 Å². The minimum Gasteiger partial charge on any atom is -0.336 e. The van der Waals surface area contributed by atoms with Gasteiger partial charge in [0.2, 0.25) is 5.91 Å². The summed E-state index contributed by atoms with van der Waals surface area (Å²) in [6.07, 6.45) is 1.87. The van der Waals surface area contributed by atoms with E-state index in [0.717, 1.165) is 28.1 Å². The maximum Gasteiger partial charge on any atom is 0.223 e. The first-order valence-electron chi connectivity index (χ1n) is 7.27. The smallest absolute Gasteiger partial charge is 0.223 e. The van der Waals surface area contributed by atoms with Gasteiger partial charge in [-0.1, -0.05) is 12.1 Å². The molecule has 0 unspecified atom stereocenters. The monoisotopic (exact) mass is 365 g/mol. The van der Waals surface area contributed by atoms with Crippen molar-refractivity contribution in [2.75, 3.05) is 6.54 Å². The number of amides is 1. The fraction of sp³-hybridized carbons (Fsp3) is 0.375. The number of nitrogens with zero attached hydrogens (tertiary/aromatic N) is 3. The number of benzene rings is 1. The highest BCUT2D eigenvalue weighted by molar-refractivity contribution is 9.10. The van der Waals surface area contributed by atoms with Crippen LogP contribution in [0.15, 0.2) is 29.0 Å². The maximum absolute atomic E-state index is 12.9. The number of halogens is 2. The standard InChI is InChI=1S/C16H17BrFN3O/c1-20-14-10-21(9-8-13(14)19-16(20)17)15(22)7-4-11-2-5-12(18)6-3-11/h2-3,5-6H,4,7-10H2,1H3. The first kappa shape index (κ1) is 15.2. The molecule has 1 aromatic carbocycles. The van der Waals surface area contributed by atoms with Gasteiger partial charge >= 0.3 is 0 Å². The molecule has 1 aromatic heterocycles. The quantitative estimate of drug-likeness (QED) is 0.838. The van der Waals surface area contributed by atoms with Gasteiger partial charge in [0, 0.05) is 26.4 Å². The Morgan fingerprint density at radius 2 is 2.09 bits per heavy atom. The van der Waals surface area contributed by atoms with Crippen LogP contribution in [-0.4, -0.2) is 26.9 Å². The van der Waals surface area contributed by atoms with E-state index in [-0.39, 0.29) is 11.7 Å². The summed E-state index contributed by atoms with van der Waals surface area (Å²) in [6.45, 7) is 1.31. The molecule has 1 amide bonds. The van der Waals surface area contributed by atoms with E-state index in [9.17, 15) is 9.18 Å². The van der Waals surface area contributed by atoms with Crippen molar-refractivity contribution < 1.29 is 9.18 Å². The van der Waals surface area contributed by atoms with Crippen molar-refractivity contribution in [3.63, 3.8) is 0 Å². The highest BCUT2D eigenvalue weighted by atomic mass is 79.9. The van der Waals surface area contributed by atoms with Crippen LogP contribution in [0.4, 0.5) is 4.39 Å². The minimum atomic E-state index is -0.250. The van der Waals surface area contributed by atoms with Gasteiger partial charge in [-0.2, -0.15) is 0 Å². The Bertz CT molecular complexity index is 696. The van der Waals surface area contributed by atoms with Gasteiger partial charge in [0.05, 0.1) is 17.9 Å². The summed E-state index contributed by atoms with van der Waals surface area (Å²) in [7, 11) is 1.95. The zero-order chi connectivity index (χ0) is 15.7. The Morgan fingerprint density at radius 1 is 1.36 bits per heavy atom. The predicted octanol–water partition coefficient (Wildman–Crippen LogP) is 2.84. The van der Waals surface area contributed by atoms with Crippen molar-refractivity contribution >= 4 is 21.8 Å². The Balaban J connectivity index is 1.61. The molecule has 4 nitrogen and oxygen atoms in total. The van der Waals surface area contributed by atoms with Crippen LogP contribution in [0.5, 0.6) is 0 Å². The van der Waals surface area contributed by atoms with Gasteiger partial charge in [0.25, 0.3) is 0 Å². The molecule has 0 saturated heterocycles. The average Bonchev–Trinajstić information content (AvgIpc) is 2.81. The molecule has 2 heterocycles. The highest BCUT2D eigenvalue weighted by Crippen LogP contribution is 2.22. The molecule has 0 spiro atoms. The molecule has 1 aliphatic rings. The first-order chi connectivity index (χ1) is 10.5. The van der Waals surface area contributed by atoms with Gasteiger partial charge in [-0.15, -0.1) is 0 Å². The van der Waals surface area contributed by atoms with Crippen molar-refractivity contribution in [3.05, 3.63) is 51.8 Å². The van der Waals surface area contributed by atoms with Crippen LogP contribution in [0.2, 0.25) is 0 Å². The first-order valence-corrected chi connectivity index (χ1v) is 8.06. The summed E-state index contributed by atoms with van der Waals surface area (Å²) < 4.78 is 15.7. The molecular weight excluding hydrogens is 349 g/mol. The van der Waals surface area contributed by atoms with Gasteiger partial charge < -0.3 is 9.47 Å². The van der Waals surface area contributed by atoms with E-state index < -0.39 is 0 Å². The van der Waals surface area contributed by atoms with Crippen molar-refractivity contribution in [2.45, 2.75) is 25.8 Å². The molecule has 6 heteroatoms. The van der Waals surface area contributed by atoms with Gasteiger partial charge in [-0.05, 0) is 40.0 Å². The molecule has 0 N–H and O–H groups in total. The Labute approximate surface area is 137 Å². The molecule has 3 rings (SSSR count). The van der Waals surface area contributed by atoms with Crippen LogP contribution in [0, 0.1) is 5.82 Å². The second kappa shape index (κ2) is 6.20. The number of aryl methyl sites for hydroxylation is 1. The number of hydrogen-bond donors (Lipinski definition) is 0. The lowest BCUT2D eigenvalue weighted by Gasteiger charge is -2.27. The third kappa shape index (κ3) is 3.06. The summed E-state index contributed by atoms with van der Waals surface area (Å²) in [5.41, 5.74) is 3.14. The number of carbonyl (C=O) groups excluding carboxylic acids is 1. The van der Waals surface area contributed by atoms with E-state index >= 15 is 0 Å². The van der Waals surface area contributed by atoms with E-state index in [2.05, 4.69) is 20.9 Å². The van der Waals surface area contributed by atoms with E-state index in [1.54, 1.807) is 12.1 Å². The number of aromatic nitrogens is 2. The zero-order valence-corrected chi connectivity index (χ0v) is 13.9. The zero-order valence-electron chi connectivity index (χ0n) is 12.4. The van der Waals surface area contributed by atoms with Gasteiger partial charge in [-0.25, -0.2) is 9.37 Å². The fourth-order valence-corrected chi connectivity index (χ4v) is 3.16. The van der Waals surface area contributed by atoms with Crippen molar-refractivity contribution in [2.24, 2.45) is 7.05 Å². The summed E-state index contributed by atoms with van der Waals surface area (Å²) in [5.74, 6) is -0.118. The average molecular weight is 366 g/mol. The summed E-state index contributed by atoms with van der Waals surface area (Å²) in [4.78, 5) is 18.7. The largest absolute Gasteiger partial charge is 0.336 e. The number of hydrogen-bond acceptors (Lipinski definition) is 2. The second-order valence-corrected chi connectivity index (χ2v) is 6.23. The summed E-state index contributed by atoms with van der Waals surface area (Å²) >= 11 is 3.42. The molecular formula is C16H17BrFN3O. The third-order valence-corrected chi connectivity index (χ3v) is 4.80. The van der Waals surface area contributed by atoms with E-state index in [1.165, 1.54) is 12.1 Å². The van der Waals surface area contributed by atoms with E-state index in [4.69, 9.17) is 0 Å². The molecule has 0 fully saturated rings. The predicted molar refractivity (Wildman–Crippen MR) is 84.8 cm³/mol. The van der Waals surface area contributed by atoms with Crippen molar-refractivity contribution in [1.82, 2.24) is 14.5 Å². The van der Waals surface area contributed by atoms with Gasteiger partial charge in [-0.3, -0.25) is 4.79 Å². The molecule has 116 valence electrons. The van der Waals surface area contributed by atoms with Crippen LogP contribution in [0.3, 0.4) is 0 Å². The van der Waals surface area contributed by atoms with Crippen LogP contribution < -0.4 is 0 Å². The molecule has 2 aromatic rings. The molecule has 22 heavy (non-hydrogen) atoms. The van der Waals surface area contributed by atoms with Gasteiger partial charge in [0.1, 0.15) is 5.82 Å². The van der Waals surface area contributed by atoms with E-state index in [0.29, 0.717) is 25.9 Å². The Kier molecular flexibility index (Phi) is 4.29. The summed E-state index contributed by atoms with van der Waals surface area (Å²) in [6, 6.07) is 6.32. The lowest BCUT2D eigenvalue weighted by atomic mass is 10.1. The second-order valence-electron chi connectivity index (χ2n) is 5.52. The number of carbonyl (C=O) groups is 1. The van der Waals surface area contributed by atoms with E-state index in [1.807, 2.05) is 16.5 Å². The van der Waals surface area contributed by atoms with Crippen LogP contribution in [0.1, 0.15) is 23.4 Å². The Morgan fingerprint density at radius 3 is 2.82 bits per heavy atom. The SMILES string of the molecule is Cn1c(Br)nc2c1CN(C(=O)CCc1ccc(F)cc1)CC2. The molecule has 0 saturated carbocycles. The molecule has 0 aliphatic carbocycles. The normalized spacial score (nSPS) is 14.0. The lowest BCUT2D eigenvalue weighted by molar-refractivity contribution is -0.132.